The van der Waals surface area contributed by atoms with E-state index in [2.05, 4.69) is 38.3 Å². The standard InChI is InChI=1S/C20H34N4/c1-10-14(4)19-17(11-12-18(23-19)20(7,8)21)24(9)16(6)22-15(5)13(2)3/h11-12,14-15H,2,10,21H2,1,3-9H3/t14-,15?/m1/s1. The number of aromatic nitrogens is 1. The van der Waals surface area contributed by atoms with Gasteiger partial charge in [0.25, 0.3) is 0 Å². The molecule has 1 unspecified atom stereocenters. The molecule has 134 valence electrons. The summed E-state index contributed by atoms with van der Waals surface area (Å²) in [5, 5.41) is 0. The van der Waals surface area contributed by atoms with Gasteiger partial charge in [-0.05, 0) is 53.2 Å². The van der Waals surface area contributed by atoms with E-state index >= 15 is 0 Å². The van der Waals surface area contributed by atoms with Crippen LogP contribution in [0.25, 0.3) is 0 Å². The minimum atomic E-state index is -0.448. The lowest BCUT2D eigenvalue weighted by Gasteiger charge is -2.27. The summed E-state index contributed by atoms with van der Waals surface area (Å²) in [6, 6.07) is 4.24. The largest absolute Gasteiger partial charge is 0.332 e. The van der Waals surface area contributed by atoms with Crippen LogP contribution in [0.5, 0.6) is 0 Å². The van der Waals surface area contributed by atoms with Crippen molar-refractivity contribution in [3.63, 3.8) is 0 Å². The Bertz CT molecular complexity index is 611. The van der Waals surface area contributed by atoms with Crippen molar-refractivity contribution in [2.24, 2.45) is 10.7 Å². The van der Waals surface area contributed by atoms with Crippen molar-refractivity contribution < 1.29 is 0 Å². The fourth-order valence-corrected chi connectivity index (χ4v) is 2.32. The molecule has 2 N–H and O–H groups in total. The molecular formula is C20H34N4. The van der Waals surface area contributed by atoms with Gasteiger partial charge in [0.15, 0.2) is 0 Å². The van der Waals surface area contributed by atoms with Gasteiger partial charge in [0, 0.05) is 13.0 Å². The van der Waals surface area contributed by atoms with E-state index in [0.29, 0.717) is 5.92 Å². The highest BCUT2D eigenvalue weighted by molar-refractivity contribution is 5.96. The Balaban J connectivity index is 3.34. The zero-order valence-electron chi connectivity index (χ0n) is 16.6. The first-order chi connectivity index (χ1) is 11.0. The van der Waals surface area contributed by atoms with Crippen LogP contribution >= 0.6 is 0 Å². The number of amidine groups is 1. The molecule has 1 rings (SSSR count). The van der Waals surface area contributed by atoms with E-state index in [-0.39, 0.29) is 6.04 Å². The van der Waals surface area contributed by atoms with Crippen molar-refractivity contribution in [1.82, 2.24) is 4.98 Å². The van der Waals surface area contributed by atoms with Gasteiger partial charge in [-0.3, -0.25) is 9.98 Å². The lowest BCUT2D eigenvalue weighted by atomic mass is 9.97. The van der Waals surface area contributed by atoms with Crippen LogP contribution in [0.1, 0.15) is 72.2 Å². The third-order valence-corrected chi connectivity index (χ3v) is 4.58. The Hall–Kier alpha value is -1.68. The zero-order valence-corrected chi connectivity index (χ0v) is 16.6. The van der Waals surface area contributed by atoms with E-state index in [0.717, 1.165) is 34.9 Å². The Morgan fingerprint density at radius 2 is 1.92 bits per heavy atom. The van der Waals surface area contributed by atoms with Gasteiger partial charge < -0.3 is 10.6 Å². The minimum absolute atomic E-state index is 0.106. The second-order valence-corrected chi connectivity index (χ2v) is 7.39. The molecule has 0 saturated heterocycles. The van der Waals surface area contributed by atoms with Crippen LogP contribution in [-0.4, -0.2) is 23.9 Å². The molecule has 0 saturated carbocycles. The predicted octanol–water partition coefficient (Wildman–Crippen LogP) is 4.61. The molecule has 1 aromatic rings. The Labute approximate surface area is 147 Å². The molecule has 4 heteroatoms. The summed E-state index contributed by atoms with van der Waals surface area (Å²) in [6.45, 7) is 18.4. The lowest BCUT2D eigenvalue weighted by Crippen LogP contribution is -2.32. The van der Waals surface area contributed by atoms with Gasteiger partial charge >= 0.3 is 0 Å². The lowest BCUT2D eigenvalue weighted by molar-refractivity contribution is 0.529. The highest BCUT2D eigenvalue weighted by Gasteiger charge is 2.22. The monoisotopic (exact) mass is 330 g/mol. The number of rotatable bonds is 6. The number of nitrogens with two attached hydrogens (primary N) is 1. The first kappa shape index (κ1) is 20.4. The molecule has 0 aliphatic carbocycles. The van der Waals surface area contributed by atoms with E-state index in [4.69, 9.17) is 15.7 Å². The van der Waals surface area contributed by atoms with E-state index in [1.54, 1.807) is 0 Å². The third kappa shape index (κ3) is 4.91. The van der Waals surface area contributed by atoms with E-state index in [9.17, 15) is 0 Å². The van der Waals surface area contributed by atoms with Crippen molar-refractivity contribution in [3.05, 3.63) is 35.7 Å². The van der Waals surface area contributed by atoms with Crippen molar-refractivity contribution in [3.8, 4) is 0 Å². The van der Waals surface area contributed by atoms with Gasteiger partial charge in [0.05, 0.1) is 28.7 Å². The molecule has 0 aliphatic rings. The molecule has 0 bridgehead atoms. The smallest absolute Gasteiger partial charge is 0.101 e. The van der Waals surface area contributed by atoms with Crippen LogP contribution in [0.2, 0.25) is 0 Å². The molecule has 0 aliphatic heterocycles. The predicted molar refractivity (Wildman–Crippen MR) is 106 cm³/mol. The maximum absolute atomic E-state index is 6.24. The molecule has 4 nitrogen and oxygen atoms in total. The molecule has 0 spiro atoms. The van der Waals surface area contributed by atoms with Gasteiger partial charge in [0.1, 0.15) is 5.84 Å². The second kappa shape index (κ2) is 7.93. The summed E-state index contributed by atoms with van der Waals surface area (Å²) in [6.07, 6.45) is 1.03. The Kier molecular flexibility index (Phi) is 6.73. The van der Waals surface area contributed by atoms with E-state index in [1.165, 1.54) is 0 Å². The molecule has 1 aromatic heterocycles. The first-order valence-corrected chi connectivity index (χ1v) is 8.72. The number of hydrogen-bond donors (Lipinski definition) is 1. The summed E-state index contributed by atoms with van der Waals surface area (Å²) < 4.78 is 0. The van der Waals surface area contributed by atoms with Gasteiger partial charge in [-0.2, -0.15) is 0 Å². The highest BCUT2D eigenvalue weighted by Crippen LogP contribution is 2.30. The number of aliphatic imine (C=N–C) groups is 1. The van der Waals surface area contributed by atoms with Gasteiger partial charge in [-0.15, -0.1) is 0 Å². The quantitative estimate of drug-likeness (QED) is 0.471. The summed E-state index contributed by atoms with van der Waals surface area (Å²) in [5.74, 6) is 1.31. The minimum Gasteiger partial charge on any atom is -0.332 e. The van der Waals surface area contributed by atoms with Crippen LogP contribution < -0.4 is 10.6 Å². The molecule has 0 aromatic carbocycles. The van der Waals surface area contributed by atoms with Gasteiger partial charge in [0.2, 0.25) is 0 Å². The van der Waals surface area contributed by atoms with E-state index < -0.39 is 5.54 Å². The maximum atomic E-state index is 6.24. The molecule has 0 fully saturated rings. The van der Waals surface area contributed by atoms with Crippen molar-refractivity contribution in [2.75, 3.05) is 11.9 Å². The zero-order chi connectivity index (χ0) is 18.7. The summed E-state index contributed by atoms with van der Waals surface area (Å²) in [5.41, 5.74) is 9.94. The Morgan fingerprint density at radius 1 is 1.33 bits per heavy atom. The SMILES string of the molecule is C=C(C)C(C)N=C(C)N(C)c1ccc(C(C)(C)N)nc1[C@H](C)CC. The fourth-order valence-electron chi connectivity index (χ4n) is 2.32. The molecule has 1 heterocycles. The normalized spacial score (nSPS) is 15.1. The summed E-state index contributed by atoms with van der Waals surface area (Å²) >= 11 is 0. The molecule has 0 radical (unpaired) electrons. The number of anilines is 1. The average molecular weight is 331 g/mol. The molecule has 0 amide bonds. The fraction of sp³-hybridized carbons (Fsp3) is 0.600. The highest BCUT2D eigenvalue weighted by atomic mass is 15.2. The van der Waals surface area contributed by atoms with Crippen LogP contribution in [0.4, 0.5) is 5.69 Å². The Morgan fingerprint density at radius 3 is 2.38 bits per heavy atom. The third-order valence-electron chi connectivity index (χ3n) is 4.58. The topological polar surface area (TPSA) is 54.5 Å². The first-order valence-electron chi connectivity index (χ1n) is 8.72. The summed E-state index contributed by atoms with van der Waals surface area (Å²) in [4.78, 5) is 11.7. The van der Waals surface area contributed by atoms with E-state index in [1.807, 2.05) is 40.8 Å². The van der Waals surface area contributed by atoms with Crippen LogP contribution in [-0.2, 0) is 5.54 Å². The maximum Gasteiger partial charge on any atom is 0.101 e. The van der Waals surface area contributed by atoms with Crippen molar-refractivity contribution >= 4 is 11.5 Å². The summed E-state index contributed by atoms with van der Waals surface area (Å²) in [7, 11) is 2.04. The van der Waals surface area contributed by atoms with Crippen molar-refractivity contribution in [2.45, 2.75) is 72.4 Å². The average Bonchev–Trinajstić information content (AvgIpc) is 2.51. The molecule has 2 atom stereocenters. The van der Waals surface area contributed by atoms with Crippen LogP contribution in [0.15, 0.2) is 29.3 Å². The van der Waals surface area contributed by atoms with Crippen molar-refractivity contribution in [1.29, 1.82) is 0 Å². The number of pyridine rings is 1. The molecular weight excluding hydrogens is 296 g/mol. The molecule has 24 heavy (non-hydrogen) atoms. The number of nitrogens with zero attached hydrogens (tertiary/aromatic N) is 3. The second-order valence-electron chi connectivity index (χ2n) is 7.39. The van der Waals surface area contributed by atoms with Crippen LogP contribution in [0.3, 0.4) is 0 Å². The van der Waals surface area contributed by atoms with Gasteiger partial charge in [-0.25, -0.2) is 0 Å². The number of hydrogen-bond acceptors (Lipinski definition) is 3. The van der Waals surface area contributed by atoms with Gasteiger partial charge in [-0.1, -0.05) is 26.0 Å². The van der Waals surface area contributed by atoms with Crippen LogP contribution in [0, 0.1) is 0 Å².